The van der Waals surface area contributed by atoms with Gasteiger partial charge >= 0.3 is 0 Å². The summed E-state index contributed by atoms with van der Waals surface area (Å²) >= 11 is 1.59. The van der Waals surface area contributed by atoms with Gasteiger partial charge in [0.1, 0.15) is 10.8 Å². The largest absolute Gasteiger partial charge is 0.497 e. The fourth-order valence-electron chi connectivity index (χ4n) is 2.36. The molecule has 4 nitrogen and oxygen atoms in total. The average Bonchev–Trinajstić information content (AvgIpc) is 2.96. The number of ether oxygens (including phenoxy) is 1. The lowest BCUT2D eigenvalue weighted by Crippen LogP contribution is -2.06. The topological polar surface area (TPSA) is 47.0 Å². The molecule has 3 rings (SSSR count). The molecule has 1 unspecified atom stereocenters. The van der Waals surface area contributed by atoms with E-state index in [1.165, 1.54) is 11.1 Å². The Balaban J connectivity index is 1.85. The lowest BCUT2D eigenvalue weighted by atomic mass is 10.1. The Morgan fingerprint density at radius 3 is 3.00 bits per heavy atom. The summed E-state index contributed by atoms with van der Waals surface area (Å²) in [4.78, 5) is 0. The highest BCUT2D eigenvalue weighted by molar-refractivity contribution is 7.15. The summed E-state index contributed by atoms with van der Waals surface area (Å²) in [7, 11) is 1.70. The van der Waals surface area contributed by atoms with Crippen molar-refractivity contribution in [2.24, 2.45) is 0 Å². The Labute approximate surface area is 110 Å². The van der Waals surface area contributed by atoms with E-state index in [-0.39, 0.29) is 0 Å². The minimum Gasteiger partial charge on any atom is -0.497 e. The molecule has 0 bridgehead atoms. The number of fused-ring (bicyclic) bond motifs is 1. The number of nitrogens with one attached hydrogen (secondary N) is 1. The molecule has 1 N–H and O–H groups in total. The first-order valence-corrected chi connectivity index (χ1v) is 6.81. The molecule has 1 aromatic heterocycles. The summed E-state index contributed by atoms with van der Waals surface area (Å²) in [5.74, 6) is 0.913. The van der Waals surface area contributed by atoms with Gasteiger partial charge in [-0.25, -0.2) is 0 Å². The Morgan fingerprint density at radius 2 is 2.28 bits per heavy atom. The van der Waals surface area contributed by atoms with Gasteiger partial charge in [-0.2, -0.15) is 0 Å². The van der Waals surface area contributed by atoms with Crippen LogP contribution in [-0.2, 0) is 6.42 Å². The summed E-state index contributed by atoms with van der Waals surface area (Å²) < 4.78 is 5.29. The van der Waals surface area contributed by atoms with E-state index < -0.39 is 0 Å². The maximum Gasteiger partial charge on any atom is 0.206 e. The van der Waals surface area contributed by atoms with E-state index in [1.807, 2.05) is 13.0 Å². The lowest BCUT2D eigenvalue weighted by Gasteiger charge is -2.13. The van der Waals surface area contributed by atoms with Gasteiger partial charge in [-0.15, -0.1) is 10.2 Å². The monoisotopic (exact) mass is 261 g/mol. The van der Waals surface area contributed by atoms with Crippen molar-refractivity contribution in [3.05, 3.63) is 34.3 Å². The van der Waals surface area contributed by atoms with Crippen LogP contribution in [0.3, 0.4) is 0 Å². The third-order valence-corrected chi connectivity index (χ3v) is 4.02. The Morgan fingerprint density at radius 1 is 1.39 bits per heavy atom. The molecular formula is C13H15N3OS. The van der Waals surface area contributed by atoms with E-state index in [9.17, 15) is 0 Å². The molecule has 0 radical (unpaired) electrons. The van der Waals surface area contributed by atoms with E-state index in [0.717, 1.165) is 28.7 Å². The normalized spacial score (nSPS) is 17.6. The van der Waals surface area contributed by atoms with Crippen LogP contribution in [0.5, 0.6) is 5.75 Å². The summed E-state index contributed by atoms with van der Waals surface area (Å²) in [5.41, 5.74) is 2.72. The molecular weight excluding hydrogens is 246 g/mol. The van der Waals surface area contributed by atoms with Gasteiger partial charge in [0.05, 0.1) is 13.2 Å². The molecule has 0 saturated heterocycles. The number of benzene rings is 1. The van der Waals surface area contributed by atoms with Crippen LogP contribution in [0.25, 0.3) is 0 Å². The summed E-state index contributed by atoms with van der Waals surface area (Å²) in [6, 6.07) is 6.62. The number of hydrogen-bond acceptors (Lipinski definition) is 5. The number of aryl methyl sites for hydroxylation is 2. The molecule has 2 aromatic rings. The summed E-state index contributed by atoms with van der Waals surface area (Å²) in [6.07, 6.45) is 2.20. The van der Waals surface area contributed by atoms with Gasteiger partial charge in [-0.1, -0.05) is 17.4 Å². The summed E-state index contributed by atoms with van der Waals surface area (Å²) in [5, 5.41) is 13.5. The number of anilines is 1. The zero-order valence-corrected chi connectivity index (χ0v) is 11.3. The molecule has 5 heteroatoms. The van der Waals surface area contributed by atoms with Gasteiger partial charge in [0, 0.05) is 0 Å². The zero-order chi connectivity index (χ0) is 12.5. The van der Waals surface area contributed by atoms with Crippen molar-refractivity contribution in [2.75, 3.05) is 12.4 Å². The Hall–Kier alpha value is -1.62. The third kappa shape index (κ3) is 2.06. The first-order valence-electron chi connectivity index (χ1n) is 6.00. The zero-order valence-electron chi connectivity index (χ0n) is 10.4. The lowest BCUT2D eigenvalue weighted by molar-refractivity contribution is 0.414. The molecule has 0 aliphatic heterocycles. The van der Waals surface area contributed by atoms with Crippen LogP contribution in [0, 0.1) is 6.92 Å². The van der Waals surface area contributed by atoms with Gasteiger partial charge in [0.25, 0.3) is 0 Å². The first-order chi connectivity index (χ1) is 8.76. The predicted octanol–water partition coefficient (Wildman–Crippen LogP) is 2.95. The fourth-order valence-corrected chi connectivity index (χ4v) is 3.01. The fraction of sp³-hybridized carbons (Fsp3) is 0.385. The predicted molar refractivity (Wildman–Crippen MR) is 72.3 cm³/mol. The first kappa shape index (κ1) is 11.5. The summed E-state index contributed by atoms with van der Waals surface area (Å²) in [6.45, 7) is 1.97. The second-order valence-corrected chi connectivity index (χ2v) is 5.61. The number of nitrogens with zero attached hydrogens (tertiary/aromatic N) is 2. The minimum atomic E-state index is 0.322. The molecule has 1 aliphatic rings. The number of aromatic nitrogens is 2. The van der Waals surface area contributed by atoms with Crippen molar-refractivity contribution in [3.63, 3.8) is 0 Å². The Bertz CT molecular complexity index is 567. The molecule has 0 amide bonds. The molecule has 94 valence electrons. The van der Waals surface area contributed by atoms with Crippen molar-refractivity contribution in [1.82, 2.24) is 10.2 Å². The van der Waals surface area contributed by atoms with Crippen LogP contribution in [0.2, 0.25) is 0 Å². The molecule has 1 aromatic carbocycles. The maximum absolute atomic E-state index is 5.29. The van der Waals surface area contributed by atoms with Crippen molar-refractivity contribution >= 4 is 16.5 Å². The highest BCUT2D eigenvalue weighted by atomic mass is 32.1. The van der Waals surface area contributed by atoms with Crippen molar-refractivity contribution in [3.8, 4) is 5.75 Å². The SMILES string of the molecule is COc1ccc2c(c1)C(Nc1nnc(C)s1)CC2. The quantitative estimate of drug-likeness (QED) is 0.922. The second-order valence-electron chi connectivity index (χ2n) is 4.43. The van der Waals surface area contributed by atoms with E-state index >= 15 is 0 Å². The number of methoxy groups -OCH3 is 1. The molecule has 18 heavy (non-hydrogen) atoms. The molecule has 0 fully saturated rings. The van der Waals surface area contributed by atoms with Gasteiger partial charge in [0.2, 0.25) is 5.13 Å². The second kappa shape index (κ2) is 4.57. The molecule has 1 aliphatic carbocycles. The number of hydrogen-bond donors (Lipinski definition) is 1. The molecule has 0 spiro atoms. The minimum absolute atomic E-state index is 0.322. The molecule has 1 heterocycles. The van der Waals surface area contributed by atoms with Crippen LogP contribution in [0.4, 0.5) is 5.13 Å². The van der Waals surface area contributed by atoms with Crippen molar-refractivity contribution in [1.29, 1.82) is 0 Å². The highest BCUT2D eigenvalue weighted by Crippen LogP contribution is 2.36. The van der Waals surface area contributed by atoms with E-state index in [2.05, 4.69) is 27.6 Å². The van der Waals surface area contributed by atoms with Crippen molar-refractivity contribution < 1.29 is 4.74 Å². The Kier molecular flexibility index (Phi) is 2.91. The van der Waals surface area contributed by atoms with E-state index in [4.69, 9.17) is 4.74 Å². The van der Waals surface area contributed by atoms with E-state index in [1.54, 1.807) is 18.4 Å². The number of rotatable bonds is 3. The molecule has 0 saturated carbocycles. The van der Waals surface area contributed by atoms with Gasteiger partial charge in [0.15, 0.2) is 0 Å². The average molecular weight is 261 g/mol. The molecule has 1 atom stereocenters. The highest BCUT2D eigenvalue weighted by Gasteiger charge is 2.23. The third-order valence-electron chi connectivity index (χ3n) is 3.25. The standard InChI is InChI=1S/C13H15N3OS/c1-8-15-16-13(18-8)14-12-6-4-9-3-5-10(17-2)7-11(9)12/h3,5,7,12H,4,6H2,1-2H3,(H,14,16). The van der Waals surface area contributed by atoms with Crippen molar-refractivity contribution in [2.45, 2.75) is 25.8 Å². The van der Waals surface area contributed by atoms with Crippen LogP contribution in [-0.4, -0.2) is 17.3 Å². The maximum atomic E-state index is 5.29. The van der Waals surface area contributed by atoms with Gasteiger partial charge < -0.3 is 10.1 Å². The van der Waals surface area contributed by atoms with E-state index in [0.29, 0.717) is 6.04 Å². The van der Waals surface area contributed by atoms with Gasteiger partial charge in [-0.3, -0.25) is 0 Å². The van der Waals surface area contributed by atoms with Gasteiger partial charge in [-0.05, 0) is 43.0 Å². The van der Waals surface area contributed by atoms with Crippen LogP contribution >= 0.6 is 11.3 Å². The van der Waals surface area contributed by atoms with Crippen LogP contribution in [0.15, 0.2) is 18.2 Å². The van der Waals surface area contributed by atoms with Crippen LogP contribution in [0.1, 0.15) is 28.6 Å². The van der Waals surface area contributed by atoms with Crippen LogP contribution < -0.4 is 10.1 Å². The smallest absolute Gasteiger partial charge is 0.206 e.